The second-order valence-electron chi connectivity index (χ2n) is 9.80. The van der Waals surface area contributed by atoms with E-state index in [9.17, 15) is 9.59 Å². The van der Waals surface area contributed by atoms with E-state index in [1.807, 2.05) is 46.2 Å². The number of carbonyl (C=O) groups is 2. The van der Waals surface area contributed by atoms with Gasteiger partial charge in [0.2, 0.25) is 11.8 Å². The largest absolute Gasteiger partial charge is 0.381 e. The number of hydrogen-bond donors (Lipinski definition) is 0. The number of ether oxygens (including phenoxy) is 1. The van der Waals surface area contributed by atoms with Gasteiger partial charge in [-0.3, -0.25) is 9.59 Å². The second kappa shape index (κ2) is 12.3. The highest BCUT2D eigenvalue weighted by atomic mass is 16.5. The van der Waals surface area contributed by atoms with E-state index < -0.39 is 0 Å². The molecule has 0 unspecified atom stereocenters. The van der Waals surface area contributed by atoms with E-state index in [1.54, 1.807) is 6.92 Å². The minimum atomic E-state index is 0.0462. The van der Waals surface area contributed by atoms with Crippen molar-refractivity contribution in [2.45, 2.75) is 58.5 Å². The highest BCUT2D eigenvalue weighted by Gasteiger charge is 2.25. The van der Waals surface area contributed by atoms with Crippen LogP contribution < -0.4 is 4.90 Å². The first-order chi connectivity index (χ1) is 17.0. The first-order valence-corrected chi connectivity index (χ1v) is 13.0. The maximum Gasteiger partial charge on any atom is 0.227 e. The molecule has 1 fully saturated rings. The third kappa shape index (κ3) is 6.71. The Labute approximate surface area is 209 Å². The Morgan fingerprint density at radius 3 is 2.34 bits per heavy atom. The summed E-state index contributed by atoms with van der Waals surface area (Å²) >= 11 is 0. The molecule has 0 N–H and O–H groups in total. The van der Waals surface area contributed by atoms with Crippen molar-refractivity contribution in [2.24, 2.45) is 0 Å². The molecule has 6 nitrogen and oxygen atoms in total. The first-order valence-electron chi connectivity index (χ1n) is 13.0. The SMILES string of the molecule is CC(=O)N1CCCN(C2CCOCC2)CCCN(C(=O)Cc2ccccc2C)Cc2ccccc21. The number of para-hydroxylation sites is 1. The molecule has 4 rings (SSSR count). The summed E-state index contributed by atoms with van der Waals surface area (Å²) in [6, 6.07) is 16.7. The average molecular weight is 478 g/mol. The molecule has 2 aliphatic heterocycles. The Bertz CT molecular complexity index is 1000. The summed E-state index contributed by atoms with van der Waals surface area (Å²) in [5, 5.41) is 0. The van der Waals surface area contributed by atoms with Gasteiger partial charge in [0.25, 0.3) is 0 Å². The monoisotopic (exact) mass is 477 g/mol. The summed E-state index contributed by atoms with van der Waals surface area (Å²) in [7, 11) is 0. The van der Waals surface area contributed by atoms with Gasteiger partial charge in [0.05, 0.1) is 6.42 Å². The van der Waals surface area contributed by atoms with E-state index in [-0.39, 0.29) is 11.8 Å². The topological polar surface area (TPSA) is 53.1 Å². The van der Waals surface area contributed by atoms with E-state index in [1.165, 1.54) is 0 Å². The Kier molecular flexibility index (Phi) is 8.94. The molecule has 2 aliphatic rings. The van der Waals surface area contributed by atoms with Crippen LogP contribution in [0.2, 0.25) is 0 Å². The zero-order chi connectivity index (χ0) is 24.6. The molecule has 35 heavy (non-hydrogen) atoms. The molecule has 2 heterocycles. The lowest BCUT2D eigenvalue weighted by atomic mass is 10.0. The maximum atomic E-state index is 13.6. The summed E-state index contributed by atoms with van der Waals surface area (Å²) in [6.45, 7) is 9.15. The molecule has 2 amide bonds. The van der Waals surface area contributed by atoms with E-state index in [4.69, 9.17) is 4.74 Å². The third-order valence-corrected chi connectivity index (χ3v) is 7.39. The number of carbonyl (C=O) groups excluding carboxylic acids is 2. The summed E-state index contributed by atoms with van der Waals surface area (Å²) < 4.78 is 5.60. The van der Waals surface area contributed by atoms with Crippen LogP contribution in [0.5, 0.6) is 0 Å². The van der Waals surface area contributed by atoms with Crippen LogP contribution in [-0.4, -0.2) is 67.0 Å². The van der Waals surface area contributed by atoms with Gasteiger partial charge in [-0.1, -0.05) is 42.5 Å². The molecule has 0 aliphatic carbocycles. The Hall–Kier alpha value is -2.70. The Morgan fingerprint density at radius 2 is 1.60 bits per heavy atom. The number of benzene rings is 2. The van der Waals surface area contributed by atoms with Crippen LogP contribution in [0.1, 0.15) is 49.3 Å². The first kappa shape index (κ1) is 25.4. The average Bonchev–Trinajstić information content (AvgIpc) is 2.86. The molecular formula is C29H39N3O3. The number of fused-ring (bicyclic) bond motifs is 1. The van der Waals surface area contributed by atoms with Crippen LogP contribution in [0.3, 0.4) is 0 Å². The van der Waals surface area contributed by atoms with Crippen molar-refractivity contribution >= 4 is 17.5 Å². The third-order valence-electron chi connectivity index (χ3n) is 7.39. The van der Waals surface area contributed by atoms with E-state index >= 15 is 0 Å². The van der Waals surface area contributed by atoms with Gasteiger partial charge in [0.1, 0.15) is 0 Å². The van der Waals surface area contributed by atoms with E-state index in [0.717, 1.165) is 74.4 Å². The standard InChI is InChI=1S/C29H39N3O3/c1-23-9-3-4-10-25(23)21-29(34)31-17-7-15-30(27-13-19-35-20-14-27)16-8-18-32(24(2)33)28-12-6-5-11-26(28)22-31/h3-6,9-12,27H,7-8,13-22H2,1-2H3. The Morgan fingerprint density at radius 1 is 0.914 bits per heavy atom. The zero-order valence-electron chi connectivity index (χ0n) is 21.2. The van der Waals surface area contributed by atoms with Gasteiger partial charge in [-0.2, -0.15) is 0 Å². The van der Waals surface area contributed by atoms with Gasteiger partial charge in [-0.15, -0.1) is 0 Å². The molecule has 188 valence electrons. The van der Waals surface area contributed by atoms with Crippen LogP contribution in [-0.2, 0) is 27.3 Å². The molecule has 0 aromatic heterocycles. The smallest absolute Gasteiger partial charge is 0.227 e. The molecule has 1 saturated heterocycles. The predicted molar refractivity (Wildman–Crippen MR) is 139 cm³/mol. The van der Waals surface area contributed by atoms with Gasteiger partial charge < -0.3 is 19.4 Å². The zero-order valence-corrected chi connectivity index (χ0v) is 21.2. The number of nitrogens with zero attached hydrogens (tertiary/aromatic N) is 3. The molecule has 0 radical (unpaired) electrons. The van der Waals surface area contributed by atoms with Crippen molar-refractivity contribution in [3.8, 4) is 0 Å². The molecule has 2 aromatic rings. The van der Waals surface area contributed by atoms with Crippen molar-refractivity contribution in [1.82, 2.24) is 9.80 Å². The normalized spacial score (nSPS) is 18.9. The van der Waals surface area contributed by atoms with E-state index in [0.29, 0.717) is 32.1 Å². The van der Waals surface area contributed by atoms with Gasteiger partial charge in [0.15, 0.2) is 0 Å². The molecule has 0 spiro atoms. The quantitative estimate of drug-likeness (QED) is 0.665. The number of hydrogen-bond acceptors (Lipinski definition) is 4. The van der Waals surface area contributed by atoms with Crippen molar-refractivity contribution in [2.75, 3.05) is 44.3 Å². The number of anilines is 1. The summed E-state index contributed by atoms with van der Waals surface area (Å²) in [5.74, 6) is 0.183. The highest BCUT2D eigenvalue weighted by Crippen LogP contribution is 2.25. The number of aryl methyl sites for hydroxylation is 1. The van der Waals surface area contributed by atoms with Gasteiger partial charge in [-0.05, 0) is 55.4 Å². The highest BCUT2D eigenvalue weighted by molar-refractivity contribution is 5.92. The van der Waals surface area contributed by atoms with Crippen LogP contribution in [0.4, 0.5) is 5.69 Å². The fraction of sp³-hybridized carbons (Fsp3) is 0.517. The minimum Gasteiger partial charge on any atom is -0.381 e. The Balaban J connectivity index is 1.60. The van der Waals surface area contributed by atoms with Crippen molar-refractivity contribution < 1.29 is 14.3 Å². The van der Waals surface area contributed by atoms with Crippen molar-refractivity contribution in [3.63, 3.8) is 0 Å². The van der Waals surface area contributed by atoms with Crippen LogP contribution in [0.25, 0.3) is 0 Å². The molecule has 0 bridgehead atoms. The fourth-order valence-electron chi connectivity index (χ4n) is 5.36. The summed E-state index contributed by atoms with van der Waals surface area (Å²) in [4.78, 5) is 32.7. The van der Waals surface area contributed by atoms with Crippen LogP contribution >= 0.6 is 0 Å². The summed E-state index contributed by atoms with van der Waals surface area (Å²) in [5.41, 5.74) is 4.17. The lowest BCUT2D eigenvalue weighted by molar-refractivity contribution is -0.131. The second-order valence-corrected chi connectivity index (χ2v) is 9.80. The van der Waals surface area contributed by atoms with Crippen LogP contribution in [0.15, 0.2) is 48.5 Å². The minimum absolute atomic E-state index is 0.0462. The molecule has 0 saturated carbocycles. The predicted octanol–water partition coefficient (Wildman–Crippen LogP) is 4.19. The van der Waals surface area contributed by atoms with Crippen molar-refractivity contribution in [3.05, 3.63) is 65.2 Å². The van der Waals surface area contributed by atoms with Crippen LogP contribution in [0, 0.1) is 6.92 Å². The number of rotatable bonds is 3. The fourth-order valence-corrected chi connectivity index (χ4v) is 5.36. The maximum absolute atomic E-state index is 13.6. The molecular weight excluding hydrogens is 438 g/mol. The molecule has 0 atom stereocenters. The molecule has 2 aromatic carbocycles. The van der Waals surface area contributed by atoms with Gasteiger partial charge in [-0.25, -0.2) is 0 Å². The van der Waals surface area contributed by atoms with E-state index in [2.05, 4.69) is 24.0 Å². The lowest BCUT2D eigenvalue weighted by Gasteiger charge is -2.36. The van der Waals surface area contributed by atoms with Gasteiger partial charge >= 0.3 is 0 Å². The summed E-state index contributed by atoms with van der Waals surface area (Å²) in [6.07, 6.45) is 4.37. The number of amides is 2. The molecule has 6 heteroatoms. The van der Waals surface area contributed by atoms with Crippen molar-refractivity contribution in [1.29, 1.82) is 0 Å². The van der Waals surface area contributed by atoms with Gasteiger partial charge in [0, 0.05) is 64.6 Å². The lowest BCUT2D eigenvalue weighted by Crippen LogP contribution is -2.44.